The van der Waals surface area contributed by atoms with E-state index in [2.05, 4.69) is 20.9 Å². The van der Waals surface area contributed by atoms with Crippen molar-refractivity contribution in [3.63, 3.8) is 0 Å². The van der Waals surface area contributed by atoms with Gasteiger partial charge in [0.15, 0.2) is 0 Å². The molecule has 0 radical (unpaired) electrons. The molecule has 0 aliphatic heterocycles. The van der Waals surface area contributed by atoms with Gasteiger partial charge in [-0.3, -0.25) is 14.4 Å². The van der Waals surface area contributed by atoms with Gasteiger partial charge < -0.3 is 31.8 Å². The average molecular weight is 488 g/mol. The third-order valence-electron chi connectivity index (χ3n) is 6.17. The first kappa shape index (κ1) is 27.8. The predicted octanol–water partition coefficient (Wildman–Crippen LogP) is 1.30. The fourth-order valence-corrected chi connectivity index (χ4v) is 3.75. The van der Waals surface area contributed by atoms with Crippen LogP contribution in [0, 0.1) is 11.8 Å². The summed E-state index contributed by atoms with van der Waals surface area (Å²) in [5.41, 5.74) is 7.33. The highest BCUT2D eigenvalue weighted by Crippen LogP contribution is 2.20. The van der Waals surface area contributed by atoms with Crippen molar-refractivity contribution in [3.05, 3.63) is 36.0 Å². The van der Waals surface area contributed by atoms with Gasteiger partial charge in [0.05, 0.1) is 6.04 Å². The molecule has 3 amide bonds. The number of carboxylic acid groups (broad SMARTS) is 1. The highest BCUT2D eigenvalue weighted by molar-refractivity contribution is 5.95. The summed E-state index contributed by atoms with van der Waals surface area (Å²) in [5, 5.41) is 18.4. The zero-order valence-electron chi connectivity index (χ0n) is 20.9. The molecule has 0 saturated heterocycles. The number of rotatable bonds is 12. The van der Waals surface area contributed by atoms with Crippen LogP contribution >= 0.6 is 0 Å². The molecule has 5 unspecified atom stereocenters. The van der Waals surface area contributed by atoms with E-state index in [0.717, 1.165) is 16.5 Å². The van der Waals surface area contributed by atoms with E-state index in [1.165, 1.54) is 6.92 Å². The van der Waals surface area contributed by atoms with Gasteiger partial charge in [-0.1, -0.05) is 52.3 Å². The fourth-order valence-electron chi connectivity index (χ4n) is 3.75. The molecule has 0 saturated carbocycles. The Morgan fingerprint density at radius 2 is 1.57 bits per heavy atom. The maximum atomic E-state index is 13.3. The lowest BCUT2D eigenvalue weighted by Gasteiger charge is -2.28. The molecule has 192 valence electrons. The van der Waals surface area contributed by atoms with Gasteiger partial charge in [0, 0.05) is 23.5 Å². The van der Waals surface area contributed by atoms with Gasteiger partial charge in [-0.2, -0.15) is 0 Å². The van der Waals surface area contributed by atoms with Gasteiger partial charge >= 0.3 is 5.97 Å². The number of hydrogen-bond donors (Lipinski definition) is 6. The lowest BCUT2D eigenvalue weighted by atomic mass is 9.96. The number of carboxylic acids is 1. The summed E-state index contributed by atoms with van der Waals surface area (Å²) in [6.07, 6.45) is 2.49. The largest absolute Gasteiger partial charge is 0.480 e. The van der Waals surface area contributed by atoms with Crippen LogP contribution in [-0.4, -0.2) is 57.9 Å². The minimum absolute atomic E-state index is 0.125. The zero-order chi connectivity index (χ0) is 26.3. The summed E-state index contributed by atoms with van der Waals surface area (Å²) in [4.78, 5) is 53.6. The molecule has 10 nitrogen and oxygen atoms in total. The van der Waals surface area contributed by atoms with Crippen LogP contribution < -0.4 is 21.7 Å². The van der Waals surface area contributed by atoms with Crippen molar-refractivity contribution in [1.29, 1.82) is 0 Å². The molecule has 2 rings (SSSR count). The van der Waals surface area contributed by atoms with E-state index in [-0.39, 0.29) is 18.3 Å². The third-order valence-corrected chi connectivity index (χ3v) is 6.17. The van der Waals surface area contributed by atoms with Gasteiger partial charge in [0.2, 0.25) is 17.7 Å². The van der Waals surface area contributed by atoms with Crippen LogP contribution in [0.5, 0.6) is 0 Å². The van der Waals surface area contributed by atoms with E-state index in [4.69, 9.17) is 5.73 Å². The van der Waals surface area contributed by atoms with Gasteiger partial charge in [-0.05, 0) is 30.4 Å². The molecule has 0 bridgehead atoms. The normalized spacial score (nSPS) is 15.6. The molecule has 35 heavy (non-hydrogen) atoms. The van der Waals surface area contributed by atoms with Gasteiger partial charge in [0.1, 0.15) is 18.1 Å². The number of carbonyl (C=O) groups excluding carboxylic acids is 3. The third kappa shape index (κ3) is 7.29. The van der Waals surface area contributed by atoms with Crippen molar-refractivity contribution in [1.82, 2.24) is 20.9 Å². The molecular weight excluding hydrogens is 450 g/mol. The van der Waals surface area contributed by atoms with Crippen LogP contribution in [0.3, 0.4) is 0 Å². The van der Waals surface area contributed by atoms with Crippen LogP contribution in [0.15, 0.2) is 30.5 Å². The first-order valence-corrected chi connectivity index (χ1v) is 11.9. The van der Waals surface area contributed by atoms with E-state index in [1.807, 2.05) is 38.1 Å². The molecule has 1 heterocycles. The number of aromatic amines is 1. The molecule has 7 N–H and O–H groups in total. The fraction of sp³-hybridized carbons (Fsp3) is 0.520. The number of benzene rings is 1. The second kappa shape index (κ2) is 12.3. The van der Waals surface area contributed by atoms with E-state index < -0.39 is 47.9 Å². The number of para-hydroxylation sites is 1. The van der Waals surface area contributed by atoms with Gasteiger partial charge in [-0.15, -0.1) is 0 Å². The summed E-state index contributed by atoms with van der Waals surface area (Å²) in [6, 6.07) is 3.65. The van der Waals surface area contributed by atoms with E-state index in [0.29, 0.717) is 6.42 Å². The molecule has 0 aliphatic rings. The molecule has 1 aromatic heterocycles. The smallest absolute Gasteiger partial charge is 0.326 e. The number of aromatic nitrogens is 1. The topological polar surface area (TPSA) is 166 Å². The van der Waals surface area contributed by atoms with Gasteiger partial charge in [0.25, 0.3) is 0 Å². The van der Waals surface area contributed by atoms with Crippen molar-refractivity contribution in [2.24, 2.45) is 17.6 Å². The van der Waals surface area contributed by atoms with Crippen LogP contribution in [0.25, 0.3) is 10.9 Å². The van der Waals surface area contributed by atoms with Crippen LogP contribution in [-0.2, 0) is 25.6 Å². The van der Waals surface area contributed by atoms with E-state index >= 15 is 0 Å². The van der Waals surface area contributed by atoms with Crippen LogP contribution in [0.2, 0.25) is 0 Å². The number of aliphatic carboxylic acids is 1. The van der Waals surface area contributed by atoms with Gasteiger partial charge in [-0.25, -0.2) is 4.79 Å². The van der Waals surface area contributed by atoms with Crippen molar-refractivity contribution in [2.75, 3.05) is 0 Å². The number of fused-ring (bicyclic) bond motifs is 1. The monoisotopic (exact) mass is 487 g/mol. The minimum Gasteiger partial charge on any atom is -0.480 e. The summed E-state index contributed by atoms with van der Waals surface area (Å²) < 4.78 is 0. The lowest BCUT2D eigenvalue weighted by Crippen LogP contribution is -2.59. The summed E-state index contributed by atoms with van der Waals surface area (Å²) in [7, 11) is 0. The number of H-pyrrole nitrogens is 1. The Morgan fingerprint density at radius 1 is 0.943 bits per heavy atom. The van der Waals surface area contributed by atoms with E-state index in [1.54, 1.807) is 20.0 Å². The second-order valence-electron chi connectivity index (χ2n) is 9.35. The van der Waals surface area contributed by atoms with Crippen LogP contribution in [0.1, 0.15) is 46.6 Å². The van der Waals surface area contributed by atoms with Crippen molar-refractivity contribution in [2.45, 2.75) is 71.6 Å². The Morgan fingerprint density at radius 3 is 2.14 bits per heavy atom. The Hall–Kier alpha value is -3.40. The number of nitrogens with two attached hydrogens (primary N) is 1. The molecule has 1 aromatic carbocycles. The quantitative estimate of drug-likeness (QED) is 0.264. The maximum Gasteiger partial charge on any atom is 0.326 e. The molecule has 10 heteroatoms. The molecule has 5 atom stereocenters. The Kier molecular flexibility index (Phi) is 9.82. The number of nitrogens with one attached hydrogen (secondary N) is 4. The summed E-state index contributed by atoms with van der Waals surface area (Å²) in [5.74, 6) is -3.38. The zero-order valence-corrected chi connectivity index (χ0v) is 20.9. The average Bonchev–Trinajstić information content (AvgIpc) is 3.21. The van der Waals surface area contributed by atoms with E-state index in [9.17, 15) is 24.3 Å². The number of carbonyl (C=O) groups is 4. The highest BCUT2D eigenvalue weighted by atomic mass is 16.4. The standard InChI is InChI=1S/C25H37N5O5/c1-6-14(4)21(30-22(31)15(5)26)24(33)28-19(23(32)29-20(13(2)3)25(34)35)11-16-12-27-18-10-8-7-9-17(16)18/h7-10,12-15,19-21,27H,6,11,26H2,1-5H3,(H,28,33)(H,29,32)(H,30,31)(H,34,35). The first-order valence-electron chi connectivity index (χ1n) is 11.9. The number of hydrogen-bond acceptors (Lipinski definition) is 5. The number of amides is 3. The Bertz CT molecular complexity index is 1050. The van der Waals surface area contributed by atoms with Crippen molar-refractivity contribution < 1.29 is 24.3 Å². The first-order chi connectivity index (χ1) is 16.5. The summed E-state index contributed by atoms with van der Waals surface area (Å²) >= 11 is 0. The lowest BCUT2D eigenvalue weighted by molar-refractivity contribution is -0.143. The van der Waals surface area contributed by atoms with Crippen molar-refractivity contribution in [3.8, 4) is 0 Å². The molecule has 0 fully saturated rings. The second-order valence-corrected chi connectivity index (χ2v) is 9.35. The molecule has 0 spiro atoms. The Labute approximate surface area is 205 Å². The predicted molar refractivity (Wildman–Crippen MR) is 133 cm³/mol. The Balaban J connectivity index is 2.35. The SMILES string of the molecule is CCC(C)C(NC(=O)C(C)N)C(=O)NC(Cc1c[nH]c2ccccc12)C(=O)NC(C(=O)O)C(C)C. The molecule has 2 aromatic rings. The van der Waals surface area contributed by atoms with Crippen LogP contribution in [0.4, 0.5) is 0 Å². The minimum atomic E-state index is -1.16. The maximum absolute atomic E-state index is 13.3. The molecular formula is C25H37N5O5. The molecule has 0 aliphatic carbocycles. The summed E-state index contributed by atoms with van der Waals surface area (Å²) in [6.45, 7) is 8.61. The highest BCUT2D eigenvalue weighted by Gasteiger charge is 2.33. The van der Waals surface area contributed by atoms with Crippen molar-refractivity contribution >= 4 is 34.6 Å².